The number of nitrogens with two attached hydrogens (primary N) is 1. The number of Topliss-reactive ketones (excluding diaryl/α,β-unsaturated/α-hetero) is 1. The Balaban J connectivity index is 4.35. The number of carboxylic acids is 1. The monoisotopic (exact) mass is 319 g/mol. The van der Waals surface area contributed by atoms with Gasteiger partial charge in [0.15, 0.2) is 0 Å². The number of thioether (sulfide) groups is 1. The minimum atomic E-state index is -1.18. The molecular formula is C12H21N3O5S. The van der Waals surface area contributed by atoms with Crippen molar-refractivity contribution in [3.05, 3.63) is 0 Å². The number of carbonyl (C=O) groups is 4. The van der Waals surface area contributed by atoms with E-state index in [9.17, 15) is 19.2 Å². The van der Waals surface area contributed by atoms with E-state index < -0.39 is 29.9 Å². The van der Waals surface area contributed by atoms with Crippen molar-refractivity contribution in [2.24, 2.45) is 5.73 Å². The lowest BCUT2D eigenvalue weighted by Gasteiger charge is -2.17. The molecule has 120 valence electrons. The van der Waals surface area contributed by atoms with E-state index in [4.69, 9.17) is 10.8 Å². The number of carboxylic acid groups (broad SMARTS) is 1. The summed E-state index contributed by atoms with van der Waals surface area (Å²) in [6.45, 7) is 1.25. The lowest BCUT2D eigenvalue weighted by Crippen LogP contribution is -2.49. The van der Waals surface area contributed by atoms with E-state index in [1.54, 1.807) is 6.26 Å². The van der Waals surface area contributed by atoms with Gasteiger partial charge in [-0.05, 0) is 19.6 Å². The highest BCUT2D eigenvalue weighted by Crippen LogP contribution is 2.00. The average molecular weight is 319 g/mol. The van der Waals surface area contributed by atoms with Crippen molar-refractivity contribution in [3.63, 3.8) is 0 Å². The average Bonchev–Trinajstić information content (AvgIpc) is 2.41. The van der Waals surface area contributed by atoms with Crippen molar-refractivity contribution >= 4 is 35.3 Å². The second kappa shape index (κ2) is 10.2. The summed E-state index contributed by atoms with van der Waals surface area (Å²) >= 11 is 1.36. The number of ketones is 1. The van der Waals surface area contributed by atoms with Crippen molar-refractivity contribution in [2.75, 3.05) is 18.6 Å². The van der Waals surface area contributed by atoms with Gasteiger partial charge in [-0.15, -0.1) is 0 Å². The lowest BCUT2D eigenvalue weighted by molar-refractivity contribution is -0.138. The van der Waals surface area contributed by atoms with Crippen LogP contribution in [-0.4, -0.2) is 59.3 Å². The fourth-order valence-electron chi connectivity index (χ4n) is 1.36. The van der Waals surface area contributed by atoms with Gasteiger partial charge in [-0.3, -0.25) is 19.2 Å². The molecule has 0 saturated heterocycles. The summed E-state index contributed by atoms with van der Waals surface area (Å²) < 4.78 is 0. The SMILES string of the molecule is CSCC(NC(=O)CCC(N)C(=O)O)C(=O)NCC(C)=O. The predicted molar refractivity (Wildman–Crippen MR) is 78.8 cm³/mol. The number of amides is 2. The van der Waals surface area contributed by atoms with Crippen molar-refractivity contribution in [2.45, 2.75) is 31.8 Å². The number of rotatable bonds is 10. The van der Waals surface area contributed by atoms with Crippen molar-refractivity contribution in [3.8, 4) is 0 Å². The highest BCUT2D eigenvalue weighted by atomic mass is 32.2. The van der Waals surface area contributed by atoms with Gasteiger partial charge >= 0.3 is 5.97 Å². The molecule has 5 N–H and O–H groups in total. The minimum absolute atomic E-state index is 0.0117. The Morgan fingerprint density at radius 1 is 1.29 bits per heavy atom. The van der Waals surface area contributed by atoms with Crippen LogP contribution in [0.15, 0.2) is 0 Å². The van der Waals surface area contributed by atoms with E-state index >= 15 is 0 Å². The third-order valence-electron chi connectivity index (χ3n) is 2.50. The van der Waals surface area contributed by atoms with Crippen LogP contribution < -0.4 is 16.4 Å². The Labute approximate surface area is 127 Å². The van der Waals surface area contributed by atoms with E-state index in [0.29, 0.717) is 5.75 Å². The quantitative estimate of drug-likeness (QED) is 0.394. The number of hydrogen-bond donors (Lipinski definition) is 4. The second-order valence-electron chi connectivity index (χ2n) is 4.48. The summed E-state index contributed by atoms with van der Waals surface area (Å²) in [6.07, 6.45) is 1.68. The first-order chi connectivity index (χ1) is 9.77. The van der Waals surface area contributed by atoms with E-state index in [-0.39, 0.29) is 25.2 Å². The van der Waals surface area contributed by atoms with Gasteiger partial charge in [-0.2, -0.15) is 11.8 Å². The number of carbonyl (C=O) groups excluding carboxylic acids is 3. The van der Waals surface area contributed by atoms with Crippen LogP contribution in [0.4, 0.5) is 0 Å². The van der Waals surface area contributed by atoms with Gasteiger partial charge in [0, 0.05) is 12.2 Å². The first kappa shape index (κ1) is 19.4. The Kier molecular flexibility index (Phi) is 9.39. The number of hydrogen-bond acceptors (Lipinski definition) is 6. The molecule has 0 aliphatic heterocycles. The fraction of sp³-hybridized carbons (Fsp3) is 0.667. The second-order valence-corrected chi connectivity index (χ2v) is 5.39. The van der Waals surface area contributed by atoms with Gasteiger partial charge < -0.3 is 21.5 Å². The molecule has 0 fully saturated rings. The number of aliphatic carboxylic acids is 1. The highest BCUT2D eigenvalue weighted by Gasteiger charge is 2.21. The van der Waals surface area contributed by atoms with Crippen molar-refractivity contribution in [1.82, 2.24) is 10.6 Å². The van der Waals surface area contributed by atoms with Crippen LogP contribution in [0.25, 0.3) is 0 Å². The molecule has 0 aromatic rings. The van der Waals surface area contributed by atoms with Crippen LogP contribution in [0.1, 0.15) is 19.8 Å². The maximum Gasteiger partial charge on any atom is 0.320 e. The molecule has 8 nitrogen and oxygen atoms in total. The fourth-order valence-corrected chi connectivity index (χ4v) is 1.93. The summed E-state index contributed by atoms with van der Waals surface area (Å²) in [5.41, 5.74) is 5.29. The van der Waals surface area contributed by atoms with Crippen LogP contribution in [-0.2, 0) is 19.2 Å². The third kappa shape index (κ3) is 9.03. The molecule has 0 heterocycles. The molecule has 2 atom stereocenters. The lowest BCUT2D eigenvalue weighted by atomic mass is 10.1. The van der Waals surface area contributed by atoms with Gasteiger partial charge in [-0.1, -0.05) is 0 Å². The predicted octanol–water partition coefficient (Wildman–Crippen LogP) is -1.27. The number of nitrogens with one attached hydrogen (secondary N) is 2. The standard InChI is InChI=1S/C12H21N3O5S/c1-7(16)5-14-11(18)9(6-21-2)15-10(17)4-3-8(13)12(19)20/h8-9H,3-6,13H2,1-2H3,(H,14,18)(H,15,17)(H,19,20). The molecule has 9 heteroatoms. The Hall–Kier alpha value is -1.61. The summed E-state index contributed by atoms with van der Waals surface area (Å²) in [4.78, 5) is 44.8. The van der Waals surface area contributed by atoms with Gasteiger partial charge in [0.05, 0.1) is 6.54 Å². The summed E-state index contributed by atoms with van der Waals surface area (Å²) in [5, 5.41) is 13.5. The minimum Gasteiger partial charge on any atom is -0.480 e. The molecule has 0 bridgehead atoms. The van der Waals surface area contributed by atoms with Gasteiger partial charge in [0.2, 0.25) is 11.8 Å². The normalized spacial score (nSPS) is 13.1. The van der Waals surface area contributed by atoms with Crippen LogP contribution in [0.2, 0.25) is 0 Å². The topological polar surface area (TPSA) is 139 Å². The van der Waals surface area contributed by atoms with Crippen LogP contribution >= 0.6 is 11.8 Å². The molecule has 0 aliphatic rings. The Bertz CT molecular complexity index is 402. The van der Waals surface area contributed by atoms with Gasteiger partial charge in [-0.25, -0.2) is 0 Å². The Morgan fingerprint density at radius 2 is 1.90 bits per heavy atom. The molecule has 0 saturated carbocycles. The molecule has 0 spiro atoms. The van der Waals surface area contributed by atoms with E-state index in [0.717, 1.165) is 0 Å². The molecule has 2 amide bonds. The van der Waals surface area contributed by atoms with Crippen molar-refractivity contribution in [1.29, 1.82) is 0 Å². The third-order valence-corrected chi connectivity index (χ3v) is 3.16. The van der Waals surface area contributed by atoms with Crippen LogP contribution in [0.3, 0.4) is 0 Å². The largest absolute Gasteiger partial charge is 0.480 e. The molecular weight excluding hydrogens is 298 g/mol. The first-order valence-electron chi connectivity index (χ1n) is 6.31. The highest BCUT2D eigenvalue weighted by molar-refractivity contribution is 7.98. The summed E-state index contributed by atoms with van der Waals surface area (Å²) in [7, 11) is 0. The van der Waals surface area contributed by atoms with Gasteiger partial charge in [0.25, 0.3) is 0 Å². The van der Waals surface area contributed by atoms with Crippen molar-refractivity contribution < 1.29 is 24.3 Å². The zero-order chi connectivity index (χ0) is 16.4. The molecule has 0 radical (unpaired) electrons. The molecule has 0 aliphatic carbocycles. The van der Waals surface area contributed by atoms with Gasteiger partial charge in [0.1, 0.15) is 17.9 Å². The Morgan fingerprint density at radius 3 is 2.38 bits per heavy atom. The van der Waals surface area contributed by atoms with E-state index in [1.807, 2.05) is 0 Å². The maximum atomic E-state index is 11.8. The molecule has 21 heavy (non-hydrogen) atoms. The summed E-state index contributed by atoms with van der Waals surface area (Å²) in [6, 6.07) is -1.88. The van der Waals surface area contributed by atoms with E-state index in [1.165, 1.54) is 18.7 Å². The summed E-state index contributed by atoms with van der Waals surface area (Å²) in [5.74, 6) is -1.92. The van der Waals surface area contributed by atoms with Crippen LogP contribution in [0, 0.1) is 0 Å². The first-order valence-corrected chi connectivity index (χ1v) is 7.71. The molecule has 0 aromatic carbocycles. The van der Waals surface area contributed by atoms with Crippen LogP contribution in [0.5, 0.6) is 0 Å². The van der Waals surface area contributed by atoms with E-state index in [2.05, 4.69) is 10.6 Å². The maximum absolute atomic E-state index is 11.8. The zero-order valence-electron chi connectivity index (χ0n) is 12.0. The molecule has 2 unspecified atom stereocenters. The molecule has 0 rings (SSSR count). The zero-order valence-corrected chi connectivity index (χ0v) is 12.9. The smallest absolute Gasteiger partial charge is 0.320 e. The molecule has 0 aromatic heterocycles.